The van der Waals surface area contributed by atoms with E-state index in [0.29, 0.717) is 9.13 Å². The maximum absolute atomic E-state index is 12.8. The first-order valence-corrected chi connectivity index (χ1v) is 5.68. The standard InChI is InChI=1S/C11H12FIO2/c1-7(2)15-6-11(14)9-4-3-8(12)5-10(9)13/h3-5,7H,6H2,1-2H3. The first-order valence-electron chi connectivity index (χ1n) is 4.60. The number of benzene rings is 1. The summed E-state index contributed by atoms with van der Waals surface area (Å²) >= 11 is 1.94. The molecule has 0 atom stereocenters. The number of halogens is 2. The van der Waals surface area contributed by atoms with Crippen LogP contribution in [-0.4, -0.2) is 18.5 Å². The SMILES string of the molecule is CC(C)OCC(=O)c1ccc(F)cc1I. The fourth-order valence-electron chi connectivity index (χ4n) is 1.04. The van der Waals surface area contributed by atoms with Gasteiger partial charge in [-0.2, -0.15) is 0 Å². The third-order valence-electron chi connectivity index (χ3n) is 1.78. The van der Waals surface area contributed by atoms with E-state index in [-0.39, 0.29) is 24.3 Å². The van der Waals surface area contributed by atoms with Crippen LogP contribution in [0.3, 0.4) is 0 Å². The van der Waals surface area contributed by atoms with Crippen LogP contribution in [0, 0.1) is 9.39 Å². The highest BCUT2D eigenvalue weighted by Gasteiger charge is 2.11. The number of hydrogen-bond donors (Lipinski definition) is 0. The molecule has 4 heteroatoms. The highest BCUT2D eigenvalue weighted by molar-refractivity contribution is 14.1. The monoisotopic (exact) mass is 322 g/mol. The summed E-state index contributed by atoms with van der Waals surface area (Å²) in [6.45, 7) is 3.77. The molecule has 0 aliphatic rings. The van der Waals surface area contributed by atoms with Crippen LogP contribution in [0.1, 0.15) is 24.2 Å². The lowest BCUT2D eigenvalue weighted by Gasteiger charge is -2.07. The number of hydrogen-bond acceptors (Lipinski definition) is 2. The highest BCUT2D eigenvalue weighted by atomic mass is 127. The van der Waals surface area contributed by atoms with E-state index in [4.69, 9.17) is 4.74 Å². The Hall–Kier alpha value is -0.490. The van der Waals surface area contributed by atoms with Gasteiger partial charge in [-0.05, 0) is 54.6 Å². The Bertz CT molecular complexity index is 364. The van der Waals surface area contributed by atoms with Crippen molar-refractivity contribution in [3.8, 4) is 0 Å². The van der Waals surface area contributed by atoms with E-state index in [1.165, 1.54) is 18.2 Å². The number of ketones is 1. The lowest BCUT2D eigenvalue weighted by Crippen LogP contribution is -2.14. The zero-order valence-electron chi connectivity index (χ0n) is 8.59. The lowest BCUT2D eigenvalue weighted by atomic mass is 10.1. The van der Waals surface area contributed by atoms with Crippen LogP contribution in [0.25, 0.3) is 0 Å². The van der Waals surface area contributed by atoms with Gasteiger partial charge >= 0.3 is 0 Å². The predicted molar refractivity (Wildman–Crippen MR) is 64.5 cm³/mol. The van der Waals surface area contributed by atoms with E-state index >= 15 is 0 Å². The molecule has 0 N–H and O–H groups in total. The summed E-state index contributed by atoms with van der Waals surface area (Å²) in [7, 11) is 0. The second-order valence-electron chi connectivity index (χ2n) is 3.41. The summed E-state index contributed by atoms with van der Waals surface area (Å²) in [5.74, 6) is -0.450. The van der Waals surface area contributed by atoms with Crippen LogP contribution >= 0.6 is 22.6 Å². The number of rotatable bonds is 4. The average molecular weight is 322 g/mol. The molecule has 0 saturated heterocycles. The Morgan fingerprint density at radius 3 is 2.73 bits per heavy atom. The number of Topliss-reactive ketones (excluding diaryl/α,β-unsaturated/α-hetero) is 1. The molecule has 0 radical (unpaired) electrons. The molecule has 0 heterocycles. The molecule has 0 aliphatic heterocycles. The van der Waals surface area contributed by atoms with Crippen molar-refractivity contribution >= 4 is 28.4 Å². The smallest absolute Gasteiger partial charge is 0.189 e. The van der Waals surface area contributed by atoms with Gasteiger partial charge in [0.25, 0.3) is 0 Å². The molecule has 1 rings (SSSR count). The van der Waals surface area contributed by atoms with Gasteiger partial charge in [-0.1, -0.05) is 0 Å². The zero-order chi connectivity index (χ0) is 11.4. The first-order chi connectivity index (χ1) is 7.00. The van der Waals surface area contributed by atoms with E-state index in [1.54, 1.807) is 0 Å². The van der Waals surface area contributed by atoms with Crippen LogP contribution in [0.15, 0.2) is 18.2 Å². The van der Waals surface area contributed by atoms with Crippen molar-refractivity contribution in [2.24, 2.45) is 0 Å². The molecule has 0 aliphatic carbocycles. The normalized spacial score (nSPS) is 10.7. The summed E-state index contributed by atoms with van der Waals surface area (Å²) in [6.07, 6.45) is 0.0204. The average Bonchev–Trinajstić information content (AvgIpc) is 2.14. The second-order valence-corrected chi connectivity index (χ2v) is 4.57. The van der Waals surface area contributed by atoms with Crippen LogP contribution < -0.4 is 0 Å². The van der Waals surface area contributed by atoms with Gasteiger partial charge in [-0.3, -0.25) is 4.79 Å². The van der Waals surface area contributed by atoms with Gasteiger partial charge in [0.15, 0.2) is 5.78 Å². The molecule has 2 nitrogen and oxygen atoms in total. The Morgan fingerprint density at radius 1 is 1.53 bits per heavy atom. The van der Waals surface area contributed by atoms with Crippen molar-refractivity contribution in [1.29, 1.82) is 0 Å². The summed E-state index contributed by atoms with van der Waals surface area (Å²) in [5.41, 5.74) is 0.512. The van der Waals surface area contributed by atoms with E-state index < -0.39 is 0 Å². The highest BCUT2D eigenvalue weighted by Crippen LogP contribution is 2.14. The largest absolute Gasteiger partial charge is 0.371 e. The van der Waals surface area contributed by atoms with E-state index in [9.17, 15) is 9.18 Å². The summed E-state index contributed by atoms with van der Waals surface area (Å²) < 4.78 is 18.6. The Morgan fingerprint density at radius 2 is 2.20 bits per heavy atom. The summed E-state index contributed by atoms with van der Waals surface area (Å²) in [5, 5.41) is 0. The van der Waals surface area contributed by atoms with Gasteiger partial charge in [0.2, 0.25) is 0 Å². The molecule has 0 spiro atoms. The van der Waals surface area contributed by atoms with Gasteiger partial charge in [0.05, 0.1) is 6.10 Å². The van der Waals surface area contributed by atoms with Gasteiger partial charge in [0.1, 0.15) is 12.4 Å². The molecule has 0 amide bonds. The second kappa shape index (κ2) is 5.55. The predicted octanol–water partition coefficient (Wildman–Crippen LogP) is 3.04. The maximum atomic E-state index is 12.8. The van der Waals surface area contributed by atoms with Crippen molar-refractivity contribution < 1.29 is 13.9 Å². The molecule has 0 unspecified atom stereocenters. The fraction of sp³-hybridized carbons (Fsp3) is 0.364. The quantitative estimate of drug-likeness (QED) is 0.629. The minimum Gasteiger partial charge on any atom is -0.371 e. The van der Waals surface area contributed by atoms with Gasteiger partial charge in [-0.15, -0.1) is 0 Å². The number of ether oxygens (including phenoxy) is 1. The molecular formula is C11H12FIO2. The number of carbonyl (C=O) groups excluding carboxylic acids is 1. The van der Waals surface area contributed by atoms with Crippen molar-refractivity contribution in [3.63, 3.8) is 0 Å². The van der Waals surface area contributed by atoms with E-state index in [2.05, 4.69) is 0 Å². The third-order valence-corrected chi connectivity index (χ3v) is 2.67. The van der Waals surface area contributed by atoms with Crippen LogP contribution in [0.5, 0.6) is 0 Å². The molecule has 82 valence electrons. The molecule has 0 aromatic heterocycles. The first kappa shape index (κ1) is 12.6. The van der Waals surface area contributed by atoms with Gasteiger partial charge in [0, 0.05) is 9.13 Å². The van der Waals surface area contributed by atoms with Crippen molar-refractivity contribution in [1.82, 2.24) is 0 Å². The molecular weight excluding hydrogens is 310 g/mol. The number of carbonyl (C=O) groups is 1. The minimum atomic E-state index is -0.333. The summed E-state index contributed by atoms with van der Waals surface area (Å²) in [4.78, 5) is 11.6. The zero-order valence-corrected chi connectivity index (χ0v) is 10.7. The fourth-order valence-corrected chi connectivity index (χ4v) is 1.81. The molecule has 0 bridgehead atoms. The topological polar surface area (TPSA) is 26.3 Å². The minimum absolute atomic E-state index is 0.0204. The maximum Gasteiger partial charge on any atom is 0.189 e. The lowest BCUT2D eigenvalue weighted by molar-refractivity contribution is 0.0584. The van der Waals surface area contributed by atoms with E-state index in [0.717, 1.165) is 0 Å². The van der Waals surface area contributed by atoms with Crippen LogP contribution in [0.4, 0.5) is 4.39 Å². The van der Waals surface area contributed by atoms with Crippen molar-refractivity contribution in [2.75, 3.05) is 6.61 Å². The molecule has 1 aromatic rings. The Balaban J connectivity index is 2.74. The molecule has 0 saturated carbocycles. The Labute approximate surface area is 102 Å². The van der Waals surface area contributed by atoms with Crippen LogP contribution in [0.2, 0.25) is 0 Å². The van der Waals surface area contributed by atoms with Crippen molar-refractivity contribution in [2.45, 2.75) is 20.0 Å². The Kier molecular flexibility index (Phi) is 4.66. The van der Waals surface area contributed by atoms with Crippen LogP contribution in [-0.2, 0) is 4.74 Å². The van der Waals surface area contributed by atoms with Crippen molar-refractivity contribution in [3.05, 3.63) is 33.1 Å². The molecule has 0 fully saturated rings. The van der Waals surface area contributed by atoms with E-state index in [1.807, 2.05) is 36.4 Å². The summed E-state index contributed by atoms with van der Waals surface area (Å²) in [6, 6.07) is 4.11. The third kappa shape index (κ3) is 3.87. The molecule has 15 heavy (non-hydrogen) atoms. The van der Waals surface area contributed by atoms with Gasteiger partial charge < -0.3 is 4.74 Å². The van der Waals surface area contributed by atoms with Gasteiger partial charge in [-0.25, -0.2) is 4.39 Å². The molecule has 1 aromatic carbocycles.